The van der Waals surface area contributed by atoms with E-state index in [0.717, 1.165) is 11.3 Å². The van der Waals surface area contributed by atoms with Crippen LogP contribution in [0.15, 0.2) is 24.3 Å². The smallest absolute Gasteiger partial charge is 0.239 e. The number of ether oxygens (including phenoxy) is 1. The van der Waals surface area contributed by atoms with Crippen molar-refractivity contribution >= 4 is 11.8 Å². The number of carbonyl (C=O) groups is 2. The van der Waals surface area contributed by atoms with Crippen LogP contribution in [0.1, 0.15) is 26.3 Å². The van der Waals surface area contributed by atoms with Gasteiger partial charge in [0.05, 0.1) is 13.7 Å². The summed E-state index contributed by atoms with van der Waals surface area (Å²) >= 11 is 0. The van der Waals surface area contributed by atoms with Crippen molar-refractivity contribution in [2.45, 2.75) is 27.3 Å². The number of hydrogen-bond acceptors (Lipinski definition) is 3. The van der Waals surface area contributed by atoms with Crippen LogP contribution in [-0.4, -0.2) is 25.5 Å². The highest BCUT2D eigenvalue weighted by Crippen LogP contribution is 2.12. The van der Waals surface area contributed by atoms with Gasteiger partial charge in [-0.05, 0) is 17.7 Å². The number of carbonyl (C=O) groups excluding carboxylic acids is 2. The molecule has 1 rings (SSSR count). The zero-order valence-electron chi connectivity index (χ0n) is 12.4. The standard InChI is InChI=1S/C15H22N2O3/c1-15(2,3)14(19)17-10-13(18)16-9-11-5-7-12(20-4)8-6-11/h5-8H,9-10H2,1-4H3,(H,16,18)(H,17,19). The topological polar surface area (TPSA) is 67.4 Å². The average molecular weight is 278 g/mol. The third-order valence-corrected chi connectivity index (χ3v) is 2.74. The Morgan fingerprint density at radius 3 is 2.20 bits per heavy atom. The summed E-state index contributed by atoms with van der Waals surface area (Å²) in [6, 6.07) is 7.44. The van der Waals surface area contributed by atoms with Crippen molar-refractivity contribution in [2.24, 2.45) is 5.41 Å². The molecule has 2 amide bonds. The maximum Gasteiger partial charge on any atom is 0.239 e. The highest BCUT2D eigenvalue weighted by Gasteiger charge is 2.21. The number of amides is 2. The van der Waals surface area contributed by atoms with Gasteiger partial charge < -0.3 is 15.4 Å². The Balaban J connectivity index is 2.34. The second kappa shape index (κ2) is 6.93. The molecule has 0 atom stereocenters. The minimum Gasteiger partial charge on any atom is -0.497 e. The summed E-state index contributed by atoms with van der Waals surface area (Å²) in [6.45, 7) is 5.83. The molecule has 0 radical (unpaired) electrons. The van der Waals surface area contributed by atoms with E-state index in [0.29, 0.717) is 6.54 Å². The predicted octanol–water partition coefficient (Wildman–Crippen LogP) is 1.47. The molecule has 0 aliphatic rings. The third kappa shape index (κ3) is 5.30. The van der Waals surface area contributed by atoms with Gasteiger partial charge in [-0.3, -0.25) is 9.59 Å². The maximum atomic E-state index is 11.6. The van der Waals surface area contributed by atoms with Gasteiger partial charge in [-0.2, -0.15) is 0 Å². The molecule has 110 valence electrons. The minimum atomic E-state index is -0.490. The van der Waals surface area contributed by atoms with Crippen molar-refractivity contribution < 1.29 is 14.3 Å². The number of benzene rings is 1. The first-order valence-corrected chi connectivity index (χ1v) is 6.51. The molecule has 0 heterocycles. The van der Waals surface area contributed by atoms with E-state index >= 15 is 0 Å². The highest BCUT2D eigenvalue weighted by molar-refractivity contribution is 5.87. The van der Waals surface area contributed by atoms with E-state index in [1.54, 1.807) is 27.9 Å². The molecular weight excluding hydrogens is 256 g/mol. The van der Waals surface area contributed by atoms with Gasteiger partial charge in [0.1, 0.15) is 5.75 Å². The van der Waals surface area contributed by atoms with Crippen molar-refractivity contribution in [1.29, 1.82) is 0 Å². The molecule has 0 saturated carbocycles. The second-order valence-corrected chi connectivity index (χ2v) is 5.56. The summed E-state index contributed by atoms with van der Waals surface area (Å²) in [6.07, 6.45) is 0. The molecule has 0 unspecified atom stereocenters. The Hall–Kier alpha value is -2.04. The van der Waals surface area contributed by atoms with Crippen LogP contribution in [0.4, 0.5) is 0 Å². The molecule has 5 heteroatoms. The van der Waals surface area contributed by atoms with Gasteiger partial charge in [0.2, 0.25) is 11.8 Å². The van der Waals surface area contributed by atoms with E-state index in [2.05, 4.69) is 10.6 Å². The van der Waals surface area contributed by atoms with E-state index in [9.17, 15) is 9.59 Å². The van der Waals surface area contributed by atoms with Crippen LogP contribution in [0, 0.1) is 5.41 Å². The lowest BCUT2D eigenvalue weighted by molar-refractivity contribution is -0.131. The normalized spacial score (nSPS) is 10.8. The number of rotatable bonds is 5. The lowest BCUT2D eigenvalue weighted by Gasteiger charge is -2.17. The molecule has 20 heavy (non-hydrogen) atoms. The van der Waals surface area contributed by atoms with Crippen molar-refractivity contribution in [2.75, 3.05) is 13.7 Å². The lowest BCUT2D eigenvalue weighted by Crippen LogP contribution is -2.41. The Labute approximate surface area is 119 Å². The zero-order valence-corrected chi connectivity index (χ0v) is 12.4. The van der Waals surface area contributed by atoms with E-state index < -0.39 is 5.41 Å². The van der Waals surface area contributed by atoms with Crippen LogP contribution in [0.3, 0.4) is 0 Å². The molecule has 1 aromatic rings. The van der Waals surface area contributed by atoms with Crippen LogP contribution >= 0.6 is 0 Å². The van der Waals surface area contributed by atoms with Crippen molar-refractivity contribution in [3.8, 4) is 5.75 Å². The summed E-state index contributed by atoms with van der Waals surface area (Å²) in [5, 5.41) is 5.35. The summed E-state index contributed by atoms with van der Waals surface area (Å²) in [4.78, 5) is 23.2. The molecule has 0 spiro atoms. The number of nitrogens with one attached hydrogen (secondary N) is 2. The Morgan fingerprint density at radius 2 is 1.70 bits per heavy atom. The van der Waals surface area contributed by atoms with Crippen LogP contribution in [-0.2, 0) is 16.1 Å². The molecule has 1 aromatic carbocycles. The minimum absolute atomic E-state index is 0.00768. The van der Waals surface area contributed by atoms with Gasteiger partial charge in [0.15, 0.2) is 0 Å². The first-order chi connectivity index (χ1) is 9.32. The highest BCUT2D eigenvalue weighted by atomic mass is 16.5. The van der Waals surface area contributed by atoms with Gasteiger partial charge in [-0.1, -0.05) is 32.9 Å². The summed E-state index contributed by atoms with van der Waals surface area (Å²) < 4.78 is 5.06. The molecule has 0 fully saturated rings. The van der Waals surface area contributed by atoms with Crippen LogP contribution in [0.2, 0.25) is 0 Å². The van der Waals surface area contributed by atoms with E-state index in [4.69, 9.17) is 4.74 Å². The van der Waals surface area contributed by atoms with Crippen LogP contribution in [0.25, 0.3) is 0 Å². The van der Waals surface area contributed by atoms with Crippen LogP contribution in [0.5, 0.6) is 5.75 Å². The quantitative estimate of drug-likeness (QED) is 0.857. The monoisotopic (exact) mass is 278 g/mol. The summed E-state index contributed by atoms with van der Waals surface area (Å²) in [5.74, 6) is 0.424. The van der Waals surface area contributed by atoms with Crippen LogP contribution < -0.4 is 15.4 Å². The molecule has 0 aliphatic heterocycles. The zero-order chi connectivity index (χ0) is 15.2. The van der Waals surface area contributed by atoms with Gasteiger partial charge in [-0.25, -0.2) is 0 Å². The molecule has 0 aliphatic carbocycles. The summed E-state index contributed by atoms with van der Waals surface area (Å²) in [7, 11) is 1.61. The van der Waals surface area contributed by atoms with E-state index in [1.165, 1.54) is 0 Å². The summed E-state index contributed by atoms with van der Waals surface area (Å²) in [5.41, 5.74) is 0.484. The van der Waals surface area contributed by atoms with Crippen molar-refractivity contribution in [3.05, 3.63) is 29.8 Å². The number of hydrogen-bond donors (Lipinski definition) is 2. The van der Waals surface area contributed by atoms with Gasteiger partial charge in [0.25, 0.3) is 0 Å². The van der Waals surface area contributed by atoms with E-state index in [1.807, 2.05) is 24.3 Å². The lowest BCUT2D eigenvalue weighted by atomic mass is 9.96. The Morgan fingerprint density at radius 1 is 1.10 bits per heavy atom. The predicted molar refractivity (Wildman–Crippen MR) is 77.3 cm³/mol. The fourth-order valence-corrected chi connectivity index (χ4v) is 1.43. The van der Waals surface area contributed by atoms with Gasteiger partial charge >= 0.3 is 0 Å². The largest absolute Gasteiger partial charge is 0.497 e. The fraction of sp³-hybridized carbons (Fsp3) is 0.467. The molecule has 0 saturated heterocycles. The Kier molecular flexibility index (Phi) is 5.55. The molecular formula is C15H22N2O3. The first-order valence-electron chi connectivity index (χ1n) is 6.51. The third-order valence-electron chi connectivity index (χ3n) is 2.74. The number of methoxy groups -OCH3 is 1. The molecule has 0 bridgehead atoms. The Bertz CT molecular complexity index is 461. The molecule has 0 aromatic heterocycles. The van der Waals surface area contributed by atoms with Crippen molar-refractivity contribution in [3.63, 3.8) is 0 Å². The fourth-order valence-electron chi connectivity index (χ4n) is 1.43. The average Bonchev–Trinajstić information content (AvgIpc) is 2.41. The van der Waals surface area contributed by atoms with Crippen molar-refractivity contribution in [1.82, 2.24) is 10.6 Å². The van der Waals surface area contributed by atoms with E-state index in [-0.39, 0.29) is 18.4 Å². The molecule has 2 N–H and O–H groups in total. The molecule has 5 nitrogen and oxygen atoms in total. The first kappa shape index (κ1) is 16.0. The maximum absolute atomic E-state index is 11.6. The second-order valence-electron chi connectivity index (χ2n) is 5.56. The van der Waals surface area contributed by atoms with Gasteiger partial charge in [-0.15, -0.1) is 0 Å². The SMILES string of the molecule is COc1ccc(CNC(=O)CNC(=O)C(C)(C)C)cc1. The van der Waals surface area contributed by atoms with Gasteiger partial charge in [0, 0.05) is 12.0 Å².